The summed E-state index contributed by atoms with van der Waals surface area (Å²) in [6, 6.07) is 10.5. The van der Waals surface area contributed by atoms with Gasteiger partial charge in [0.1, 0.15) is 5.82 Å². The number of methoxy groups -OCH3 is 1. The zero-order valence-corrected chi connectivity index (χ0v) is 19.2. The lowest BCUT2D eigenvalue weighted by atomic mass is 9.86. The van der Waals surface area contributed by atoms with Gasteiger partial charge >= 0.3 is 0 Å². The molecule has 0 unspecified atom stereocenters. The van der Waals surface area contributed by atoms with E-state index in [1.54, 1.807) is 13.3 Å². The van der Waals surface area contributed by atoms with Crippen LogP contribution in [0, 0.1) is 17.8 Å². The predicted octanol–water partition coefficient (Wildman–Crippen LogP) is 3.96. The van der Waals surface area contributed by atoms with Gasteiger partial charge in [-0.05, 0) is 49.9 Å². The molecule has 4 aliphatic rings. The molecule has 1 saturated carbocycles. The second-order valence-corrected chi connectivity index (χ2v) is 9.93. The molecule has 2 saturated heterocycles. The fourth-order valence-electron chi connectivity index (χ4n) is 5.97. The van der Waals surface area contributed by atoms with Gasteiger partial charge in [-0.2, -0.15) is 0 Å². The molecule has 7 heteroatoms. The van der Waals surface area contributed by atoms with E-state index < -0.39 is 0 Å². The lowest BCUT2D eigenvalue weighted by Crippen LogP contribution is -2.38. The van der Waals surface area contributed by atoms with Crippen LogP contribution in [0.5, 0.6) is 0 Å². The van der Waals surface area contributed by atoms with Crippen LogP contribution in [-0.2, 0) is 20.8 Å². The van der Waals surface area contributed by atoms with Crippen molar-refractivity contribution in [3.8, 4) is 0 Å². The summed E-state index contributed by atoms with van der Waals surface area (Å²) in [5.41, 5.74) is 4.13. The summed E-state index contributed by atoms with van der Waals surface area (Å²) in [6.07, 6.45) is 5.74. The Morgan fingerprint density at radius 3 is 2.67 bits per heavy atom. The number of hydrogen-bond donors (Lipinski definition) is 1. The highest BCUT2D eigenvalue weighted by molar-refractivity contribution is 6.00. The number of hydrogen-bond acceptors (Lipinski definition) is 6. The molecular weight excluding hydrogens is 416 g/mol. The van der Waals surface area contributed by atoms with Crippen LogP contribution in [0.25, 0.3) is 0 Å². The Hall–Kier alpha value is -2.64. The zero-order valence-electron chi connectivity index (χ0n) is 19.2. The Morgan fingerprint density at radius 1 is 1.12 bits per heavy atom. The number of nitrogens with zero attached hydrogens (tertiary/aromatic N) is 3. The number of aromatic nitrogens is 1. The van der Waals surface area contributed by atoms with Crippen molar-refractivity contribution in [2.75, 3.05) is 48.5 Å². The highest BCUT2D eigenvalue weighted by Gasteiger charge is 2.38. The van der Waals surface area contributed by atoms with E-state index >= 15 is 0 Å². The minimum absolute atomic E-state index is 0.0365. The number of carbonyl (C=O) groups is 1. The quantitative estimate of drug-likeness (QED) is 0.767. The third-order valence-corrected chi connectivity index (χ3v) is 7.97. The topological polar surface area (TPSA) is 66.9 Å². The van der Waals surface area contributed by atoms with Gasteiger partial charge in [-0.25, -0.2) is 4.98 Å². The molecule has 1 N–H and O–H groups in total. The molecule has 4 heterocycles. The van der Waals surface area contributed by atoms with Crippen molar-refractivity contribution in [3.63, 3.8) is 0 Å². The van der Waals surface area contributed by atoms with E-state index in [-0.39, 0.29) is 17.9 Å². The molecule has 2 aromatic rings. The molecular formula is C26H32N4O3. The first-order chi connectivity index (χ1) is 16.2. The molecule has 7 nitrogen and oxygen atoms in total. The summed E-state index contributed by atoms with van der Waals surface area (Å²) in [4.78, 5) is 22.9. The minimum Gasteiger partial charge on any atom is -0.381 e. The number of benzene rings is 1. The Bertz CT molecular complexity index is 1020. The van der Waals surface area contributed by atoms with Crippen molar-refractivity contribution in [1.29, 1.82) is 0 Å². The first-order valence-electron chi connectivity index (χ1n) is 12.2. The van der Waals surface area contributed by atoms with Crippen LogP contribution in [-0.4, -0.2) is 50.4 Å². The van der Waals surface area contributed by atoms with Crippen molar-refractivity contribution in [2.45, 2.75) is 38.3 Å². The van der Waals surface area contributed by atoms with Gasteiger partial charge in [0.15, 0.2) is 0 Å². The number of amides is 1. The summed E-state index contributed by atoms with van der Waals surface area (Å²) < 4.78 is 11.2. The second-order valence-electron chi connectivity index (χ2n) is 9.93. The number of ether oxygens (including phenoxy) is 2. The largest absolute Gasteiger partial charge is 0.381 e. The zero-order chi connectivity index (χ0) is 22.4. The fraction of sp³-hybridized carbons (Fsp3) is 0.538. The molecule has 0 spiro atoms. The van der Waals surface area contributed by atoms with Crippen LogP contribution in [0.3, 0.4) is 0 Å². The second kappa shape index (κ2) is 8.61. The molecule has 1 aromatic carbocycles. The molecule has 1 aliphatic carbocycles. The third kappa shape index (κ3) is 3.87. The SMILES string of the molecule is CO[C@H]1CC[C@H](C(=O)N2Cc3cccnc3Nc3ccc(N4C[C@H]5COC[C@H]5C4)cc32)CC1. The average Bonchev–Trinajstić information content (AvgIpc) is 3.42. The predicted molar refractivity (Wildman–Crippen MR) is 128 cm³/mol. The first-order valence-corrected chi connectivity index (χ1v) is 12.2. The molecule has 2 atom stereocenters. The smallest absolute Gasteiger partial charge is 0.230 e. The Morgan fingerprint density at radius 2 is 1.91 bits per heavy atom. The molecule has 6 rings (SSSR count). The molecule has 1 amide bonds. The number of anilines is 4. The number of pyridine rings is 1. The molecule has 1 aromatic heterocycles. The van der Waals surface area contributed by atoms with E-state index in [1.165, 1.54) is 5.69 Å². The van der Waals surface area contributed by atoms with Crippen LogP contribution >= 0.6 is 0 Å². The van der Waals surface area contributed by atoms with Gasteiger partial charge in [-0.15, -0.1) is 0 Å². The summed E-state index contributed by atoms with van der Waals surface area (Å²) in [6.45, 7) is 4.31. The van der Waals surface area contributed by atoms with Crippen LogP contribution in [0.15, 0.2) is 36.5 Å². The number of carbonyl (C=O) groups excluding carboxylic acids is 1. The monoisotopic (exact) mass is 448 g/mol. The van der Waals surface area contributed by atoms with Gasteiger partial charge in [0.05, 0.1) is 37.2 Å². The summed E-state index contributed by atoms with van der Waals surface area (Å²) in [7, 11) is 1.77. The summed E-state index contributed by atoms with van der Waals surface area (Å²) in [5, 5.41) is 3.50. The highest BCUT2D eigenvalue weighted by Crippen LogP contribution is 2.41. The van der Waals surface area contributed by atoms with E-state index in [4.69, 9.17) is 9.47 Å². The van der Waals surface area contributed by atoms with Gasteiger partial charge in [-0.3, -0.25) is 4.79 Å². The minimum atomic E-state index is 0.0365. The Labute approximate surface area is 195 Å². The van der Waals surface area contributed by atoms with E-state index in [1.807, 2.05) is 11.0 Å². The first kappa shape index (κ1) is 20.9. The third-order valence-electron chi connectivity index (χ3n) is 7.97. The Kier molecular flexibility index (Phi) is 5.46. The number of rotatable bonds is 3. The van der Waals surface area contributed by atoms with Crippen molar-refractivity contribution in [2.24, 2.45) is 17.8 Å². The van der Waals surface area contributed by atoms with E-state index in [2.05, 4.69) is 39.5 Å². The molecule has 174 valence electrons. The lowest BCUT2D eigenvalue weighted by Gasteiger charge is -2.32. The summed E-state index contributed by atoms with van der Waals surface area (Å²) >= 11 is 0. The van der Waals surface area contributed by atoms with E-state index in [0.717, 1.165) is 74.7 Å². The van der Waals surface area contributed by atoms with Crippen LogP contribution in [0.2, 0.25) is 0 Å². The average molecular weight is 449 g/mol. The highest BCUT2D eigenvalue weighted by atomic mass is 16.5. The maximum Gasteiger partial charge on any atom is 0.230 e. The molecule has 33 heavy (non-hydrogen) atoms. The van der Waals surface area contributed by atoms with Gasteiger partial charge < -0.3 is 24.6 Å². The van der Waals surface area contributed by atoms with Crippen molar-refractivity contribution < 1.29 is 14.3 Å². The Balaban J connectivity index is 1.33. The number of nitrogens with one attached hydrogen (secondary N) is 1. The van der Waals surface area contributed by atoms with Crippen molar-refractivity contribution >= 4 is 28.8 Å². The van der Waals surface area contributed by atoms with Crippen LogP contribution in [0.4, 0.5) is 22.9 Å². The van der Waals surface area contributed by atoms with Crippen molar-refractivity contribution in [3.05, 3.63) is 42.1 Å². The van der Waals surface area contributed by atoms with Gasteiger partial charge in [0.25, 0.3) is 0 Å². The van der Waals surface area contributed by atoms with Gasteiger partial charge in [0.2, 0.25) is 5.91 Å². The van der Waals surface area contributed by atoms with Crippen LogP contribution in [0.1, 0.15) is 31.2 Å². The fourth-order valence-corrected chi connectivity index (χ4v) is 5.97. The van der Waals surface area contributed by atoms with Crippen molar-refractivity contribution in [1.82, 2.24) is 4.98 Å². The van der Waals surface area contributed by atoms with Crippen LogP contribution < -0.4 is 15.1 Å². The lowest BCUT2D eigenvalue weighted by molar-refractivity contribution is -0.124. The molecule has 0 radical (unpaired) electrons. The molecule has 0 bridgehead atoms. The molecule has 3 aliphatic heterocycles. The van der Waals surface area contributed by atoms with Gasteiger partial charge in [0, 0.05) is 55.4 Å². The van der Waals surface area contributed by atoms with E-state index in [0.29, 0.717) is 18.4 Å². The number of fused-ring (bicyclic) bond motifs is 3. The van der Waals surface area contributed by atoms with Gasteiger partial charge in [-0.1, -0.05) is 6.07 Å². The maximum atomic E-state index is 13.9. The normalized spacial score (nSPS) is 28.5. The standard InChI is InChI=1S/C26H32N4O3/c1-32-22-7-4-17(5-8-22)26(31)30-14-18-3-2-10-27-25(18)28-23-9-6-21(11-24(23)30)29-12-19-15-33-16-20(19)13-29/h2-3,6,9-11,17,19-20,22H,4-5,7-8,12-16H2,1H3,(H,27,28)/t17-,19-,20+,22-. The summed E-state index contributed by atoms with van der Waals surface area (Å²) in [5.74, 6) is 2.31. The van der Waals surface area contributed by atoms with E-state index in [9.17, 15) is 4.79 Å². The maximum absolute atomic E-state index is 13.9. The molecule has 3 fully saturated rings.